The van der Waals surface area contributed by atoms with E-state index in [9.17, 15) is 5.11 Å². The molecule has 1 aliphatic rings. The van der Waals surface area contributed by atoms with Crippen molar-refractivity contribution >= 4 is 6.01 Å². The van der Waals surface area contributed by atoms with Crippen LogP contribution < -0.4 is 4.90 Å². The van der Waals surface area contributed by atoms with Gasteiger partial charge in [-0.3, -0.25) is 0 Å². The van der Waals surface area contributed by atoms with Gasteiger partial charge in [0.2, 0.25) is 0 Å². The molecule has 18 heavy (non-hydrogen) atoms. The second kappa shape index (κ2) is 4.88. The fourth-order valence-corrected chi connectivity index (χ4v) is 2.22. The molecule has 0 radical (unpaired) electrons. The third-order valence-electron chi connectivity index (χ3n) is 3.58. The number of hydrogen-bond acceptors (Lipinski definition) is 5. The Morgan fingerprint density at radius 1 is 1.33 bits per heavy atom. The van der Waals surface area contributed by atoms with Crippen molar-refractivity contribution in [1.29, 1.82) is 0 Å². The largest absolute Gasteiger partial charge is 0.393 e. The molecule has 1 aromatic heterocycles. The maximum atomic E-state index is 9.57. The Labute approximate surface area is 108 Å². The number of aliphatic hydroxyl groups is 1. The Hall–Kier alpha value is -1.10. The summed E-state index contributed by atoms with van der Waals surface area (Å²) in [7, 11) is 0. The molecule has 0 amide bonds. The molecule has 0 aliphatic carbocycles. The lowest BCUT2D eigenvalue weighted by atomic mass is 9.92. The van der Waals surface area contributed by atoms with E-state index in [4.69, 9.17) is 4.52 Å². The summed E-state index contributed by atoms with van der Waals surface area (Å²) in [5.41, 5.74) is -0.0836. The molecule has 1 atom stereocenters. The lowest BCUT2D eigenvalue weighted by molar-refractivity contribution is 0.109. The van der Waals surface area contributed by atoms with Crippen LogP contribution in [0.15, 0.2) is 4.52 Å². The highest BCUT2D eigenvalue weighted by Crippen LogP contribution is 2.26. The van der Waals surface area contributed by atoms with Gasteiger partial charge >= 0.3 is 6.01 Å². The van der Waals surface area contributed by atoms with E-state index in [2.05, 4.69) is 35.8 Å². The quantitative estimate of drug-likeness (QED) is 0.873. The highest BCUT2D eigenvalue weighted by atomic mass is 16.5. The Bertz CT molecular complexity index is 387. The van der Waals surface area contributed by atoms with Gasteiger partial charge in [-0.1, -0.05) is 25.9 Å². The molecule has 2 rings (SSSR count). The smallest absolute Gasteiger partial charge is 0.324 e. The minimum Gasteiger partial charge on any atom is -0.393 e. The van der Waals surface area contributed by atoms with E-state index >= 15 is 0 Å². The molecule has 0 aromatic carbocycles. The molecule has 0 saturated carbocycles. The van der Waals surface area contributed by atoms with Crippen LogP contribution in [-0.4, -0.2) is 34.4 Å². The van der Waals surface area contributed by atoms with Crippen LogP contribution in [0.4, 0.5) is 6.01 Å². The minimum atomic E-state index is -0.222. The molecule has 0 bridgehead atoms. The van der Waals surface area contributed by atoms with Crippen molar-refractivity contribution in [1.82, 2.24) is 10.1 Å². The molecule has 1 fully saturated rings. The zero-order valence-electron chi connectivity index (χ0n) is 11.7. The second-order valence-electron chi connectivity index (χ2n) is 6.22. The first-order valence-corrected chi connectivity index (χ1v) is 6.65. The summed E-state index contributed by atoms with van der Waals surface area (Å²) in [5, 5.41) is 13.6. The first-order chi connectivity index (χ1) is 8.38. The van der Waals surface area contributed by atoms with Crippen LogP contribution in [0, 0.1) is 5.92 Å². The molecule has 1 aromatic rings. The van der Waals surface area contributed by atoms with Crippen LogP contribution in [0.3, 0.4) is 0 Å². The number of rotatable bonds is 2. The summed E-state index contributed by atoms with van der Waals surface area (Å²) in [5.74, 6) is 1.14. The average Bonchev–Trinajstić information content (AvgIpc) is 2.78. The number of nitrogens with zero attached hydrogens (tertiary/aromatic N) is 3. The Morgan fingerprint density at radius 3 is 2.39 bits per heavy atom. The average molecular weight is 253 g/mol. The van der Waals surface area contributed by atoms with Gasteiger partial charge in [-0.25, -0.2) is 0 Å². The summed E-state index contributed by atoms with van der Waals surface area (Å²) in [6.45, 7) is 9.83. The first kappa shape index (κ1) is 13.3. The molecule has 1 saturated heterocycles. The molecule has 2 heterocycles. The van der Waals surface area contributed by atoms with Crippen molar-refractivity contribution in [2.75, 3.05) is 18.0 Å². The van der Waals surface area contributed by atoms with Crippen molar-refractivity contribution in [3.8, 4) is 0 Å². The van der Waals surface area contributed by atoms with Crippen molar-refractivity contribution < 1.29 is 9.63 Å². The molecule has 1 aliphatic heterocycles. The second-order valence-corrected chi connectivity index (χ2v) is 6.22. The Balaban J connectivity index is 2.00. The lowest BCUT2D eigenvalue weighted by Crippen LogP contribution is -2.37. The van der Waals surface area contributed by atoms with Crippen LogP contribution >= 0.6 is 0 Å². The molecule has 5 nitrogen and oxygen atoms in total. The van der Waals surface area contributed by atoms with Gasteiger partial charge in [0.25, 0.3) is 0 Å². The standard InChI is InChI=1S/C13H23N3O2/c1-9(17)10-5-7-16(8-6-10)12-14-11(15-18-12)13(2,3)4/h9-10,17H,5-8H2,1-4H3. The summed E-state index contributed by atoms with van der Waals surface area (Å²) < 4.78 is 5.33. The van der Waals surface area contributed by atoms with Crippen molar-refractivity contribution in [3.63, 3.8) is 0 Å². The van der Waals surface area contributed by atoms with Gasteiger partial charge in [0.05, 0.1) is 6.10 Å². The van der Waals surface area contributed by atoms with Gasteiger partial charge in [0.1, 0.15) is 0 Å². The zero-order chi connectivity index (χ0) is 13.3. The summed E-state index contributed by atoms with van der Waals surface area (Å²) in [4.78, 5) is 6.57. The third-order valence-corrected chi connectivity index (χ3v) is 3.58. The molecule has 0 spiro atoms. The van der Waals surface area contributed by atoms with Crippen LogP contribution in [0.5, 0.6) is 0 Å². The molecular formula is C13H23N3O2. The van der Waals surface area contributed by atoms with Crippen molar-refractivity contribution in [3.05, 3.63) is 5.82 Å². The van der Waals surface area contributed by atoms with E-state index in [0.717, 1.165) is 31.8 Å². The molecule has 102 valence electrons. The molecule has 1 N–H and O–H groups in total. The highest BCUT2D eigenvalue weighted by Gasteiger charge is 2.27. The number of aliphatic hydroxyl groups excluding tert-OH is 1. The lowest BCUT2D eigenvalue weighted by Gasteiger charge is -2.31. The van der Waals surface area contributed by atoms with Gasteiger partial charge in [0, 0.05) is 18.5 Å². The predicted octanol–water partition coefficient (Wildman–Crippen LogP) is 1.96. The van der Waals surface area contributed by atoms with E-state index in [1.165, 1.54) is 0 Å². The van der Waals surface area contributed by atoms with E-state index < -0.39 is 0 Å². The number of anilines is 1. The predicted molar refractivity (Wildman–Crippen MR) is 69.6 cm³/mol. The highest BCUT2D eigenvalue weighted by molar-refractivity contribution is 5.26. The SMILES string of the molecule is CC(O)C1CCN(c2nc(C(C)(C)C)no2)CC1. The number of aromatic nitrogens is 2. The minimum absolute atomic E-state index is 0.0836. The van der Waals surface area contributed by atoms with Crippen LogP contribution in [0.2, 0.25) is 0 Å². The van der Waals surface area contributed by atoms with Gasteiger partial charge in [0.15, 0.2) is 5.82 Å². The third kappa shape index (κ3) is 2.83. The topological polar surface area (TPSA) is 62.4 Å². The Morgan fingerprint density at radius 2 is 1.94 bits per heavy atom. The molecular weight excluding hydrogens is 230 g/mol. The summed E-state index contributed by atoms with van der Waals surface area (Å²) >= 11 is 0. The van der Waals surface area contributed by atoms with Crippen molar-refractivity contribution in [2.45, 2.75) is 52.1 Å². The maximum Gasteiger partial charge on any atom is 0.324 e. The normalized spacial score (nSPS) is 20.2. The fourth-order valence-electron chi connectivity index (χ4n) is 2.22. The number of piperidine rings is 1. The summed E-state index contributed by atoms with van der Waals surface area (Å²) in [6, 6.07) is 0.615. The van der Waals surface area contributed by atoms with Gasteiger partial charge in [-0.2, -0.15) is 4.98 Å². The maximum absolute atomic E-state index is 9.57. The Kier molecular flexibility index (Phi) is 3.61. The van der Waals surface area contributed by atoms with Crippen LogP contribution in [0.1, 0.15) is 46.4 Å². The van der Waals surface area contributed by atoms with Crippen molar-refractivity contribution in [2.24, 2.45) is 5.92 Å². The molecule has 5 heteroatoms. The van der Waals surface area contributed by atoms with E-state index in [1.54, 1.807) is 0 Å². The summed E-state index contributed by atoms with van der Waals surface area (Å²) in [6.07, 6.45) is 1.73. The zero-order valence-corrected chi connectivity index (χ0v) is 11.7. The first-order valence-electron chi connectivity index (χ1n) is 6.65. The van der Waals surface area contributed by atoms with Crippen LogP contribution in [-0.2, 0) is 5.41 Å². The fraction of sp³-hybridized carbons (Fsp3) is 0.846. The van der Waals surface area contributed by atoms with Gasteiger partial charge in [-0.05, 0) is 25.7 Å². The van der Waals surface area contributed by atoms with E-state index in [1.807, 2.05) is 6.92 Å². The van der Waals surface area contributed by atoms with Gasteiger partial charge in [-0.15, -0.1) is 0 Å². The molecule has 1 unspecified atom stereocenters. The van der Waals surface area contributed by atoms with Crippen LogP contribution in [0.25, 0.3) is 0 Å². The van der Waals surface area contributed by atoms with E-state index in [-0.39, 0.29) is 11.5 Å². The number of hydrogen-bond donors (Lipinski definition) is 1. The van der Waals surface area contributed by atoms with E-state index in [0.29, 0.717) is 11.9 Å². The van der Waals surface area contributed by atoms with Gasteiger partial charge < -0.3 is 14.5 Å². The monoisotopic (exact) mass is 253 g/mol.